The minimum atomic E-state index is -0.263. The van der Waals surface area contributed by atoms with Crippen molar-refractivity contribution in [2.45, 2.75) is 51.4 Å². The third-order valence-electron chi connectivity index (χ3n) is 4.13. The molecule has 2 rings (SSSR count). The number of esters is 1. The molecule has 3 nitrogen and oxygen atoms in total. The molecule has 0 aromatic heterocycles. The van der Waals surface area contributed by atoms with Gasteiger partial charge in [-0.15, -0.1) is 0 Å². The highest BCUT2D eigenvalue weighted by atomic mass is 16.5. The van der Waals surface area contributed by atoms with Gasteiger partial charge in [0.2, 0.25) is 0 Å². The van der Waals surface area contributed by atoms with E-state index in [-0.39, 0.29) is 12.6 Å². The lowest BCUT2D eigenvalue weighted by Gasteiger charge is -2.15. The lowest BCUT2D eigenvalue weighted by atomic mass is 9.93. The summed E-state index contributed by atoms with van der Waals surface area (Å²) < 4.78 is 5.00. The molecule has 0 heterocycles. The van der Waals surface area contributed by atoms with E-state index in [0.717, 1.165) is 18.4 Å². The van der Waals surface area contributed by atoms with Crippen LogP contribution < -0.4 is 0 Å². The molecule has 0 saturated heterocycles. The molecule has 0 unspecified atom stereocenters. The number of hydrogen-bond donors (Lipinski definition) is 0. The van der Waals surface area contributed by atoms with Crippen molar-refractivity contribution in [3.8, 4) is 0 Å². The van der Waals surface area contributed by atoms with E-state index in [2.05, 4.69) is 6.08 Å². The quantitative estimate of drug-likeness (QED) is 0.428. The second-order valence-electron chi connectivity index (χ2n) is 5.41. The summed E-state index contributed by atoms with van der Waals surface area (Å²) in [6, 6.07) is 0. The third kappa shape index (κ3) is 3.44. The molecule has 0 amide bonds. The van der Waals surface area contributed by atoms with Gasteiger partial charge in [-0.3, -0.25) is 4.79 Å². The Kier molecular flexibility index (Phi) is 4.97. The number of allylic oxidation sites excluding steroid dienone is 1. The van der Waals surface area contributed by atoms with Crippen molar-refractivity contribution in [2.24, 2.45) is 11.8 Å². The molecule has 100 valence electrons. The zero-order valence-corrected chi connectivity index (χ0v) is 10.9. The Bertz CT molecular complexity index is 321. The van der Waals surface area contributed by atoms with Gasteiger partial charge in [0.25, 0.3) is 0 Å². The Balaban J connectivity index is 2.05. The number of hydrogen-bond acceptors (Lipinski definition) is 3. The second-order valence-corrected chi connectivity index (χ2v) is 5.41. The molecule has 0 N–H and O–H groups in total. The van der Waals surface area contributed by atoms with Crippen molar-refractivity contribution in [3.05, 3.63) is 11.6 Å². The van der Waals surface area contributed by atoms with Gasteiger partial charge in [-0.2, -0.15) is 0 Å². The van der Waals surface area contributed by atoms with Crippen LogP contribution in [-0.2, 0) is 14.3 Å². The van der Waals surface area contributed by atoms with E-state index in [4.69, 9.17) is 4.74 Å². The lowest BCUT2D eigenvalue weighted by Crippen LogP contribution is -2.16. The third-order valence-corrected chi connectivity index (χ3v) is 4.13. The Morgan fingerprint density at radius 1 is 1.06 bits per heavy atom. The van der Waals surface area contributed by atoms with Gasteiger partial charge in [0.15, 0.2) is 6.29 Å². The highest BCUT2D eigenvalue weighted by Crippen LogP contribution is 2.35. The van der Waals surface area contributed by atoms with Crippen molar-refractivity contribution >= 4 is 12.3 Å². The second kappa shape index (κ2) is 6.72. The first kappa shape index (κ1) is 13.3. The summed E-state index contributed by atoms with van der Waals surface area (Å²) in [5.74, 6) is 0.648. The van der Waals surface area contributed by atoms with E-state index in [1.165, 1.54) is 38.5 Å². The number of carbonyl (C=O) groups is 2. The molecule has 0 bridgehead atoms. The van der Waals surface area contributed by atoms with Crippen molar-refractivity contribution in [1.82, 2.24) is 0 Å². The normalized spacial score (nSPS) is 22.3. The van der Waals surface area contributed by atoms with Crippen LogP contribution in [0.5, 0.6) is 0 Å². The SMILES string of the molecule is O=CCOC(=O)C(=CC1CCCC1)C1CCCC1. The predicted octanol–water partition coefficient (Wildman–Crippen LogP) is 3.04. The Labute approximate surface area is 109 Å². The monoisotopic (exact) mass is 250 g/mol. The average Bonchev–Trinajstić information content (AvgIpc) is 3.05. The first-order valence-electron chi connectivity index (χ1n) is 7.13. The van der Waals surface area contributed by atoms with Gasteiger partial charge in [0.1, 0.15) is 6.61 Å². The number of carbonyl (C=O) groups excluding carboxylic acids is 2. The molecule has 2 saturated carbocycles. The van der Waals surface area contributed by atoms with E-state index in [1.807, 2.05) is 0 Å². The van der Waals surface area contributed by atoms with Crippen LogP contribution in [0.3, 0.4) is 0 Å². The molecular formula is C15H22O3. The molecule has 18 heavy (non-hydrogen) atoms. The van der Waals surface area contributed by atoms with Gasteiger partial charge in [-0.05, 0) is 37.5 Å². The van der Waals surface area contributed by atoms with Crippen molar-refractivity contribution in [2.75, 3.05) is 6.61 Å². The molecule has 2 fully saturated rings. The first-order chi connectivity index (χ1) is 8.81. The molecule has 0 radical (unpaired) electrons. The lowest BCUT2D eigenvalue weighted by molar-refractivity contribution is -0.142. The van der Waals surface area contributed by atoms with E-state index in [1.54, 1.807) is 0 Å². The van der Waals surface area contributed by atoms with E-state index in [9.17, 15) is 9.59 Å². The van der Waals surface area contributed by atoms with Crippen molar-refractivity contribution in [1.29, 1.82) is 0 Å². The van der Waals surface area contributed by atoms with Crippen LogP contribution in [-0.4, -0.2) is 18.9 Å². The van der Waals surface area contributed by atoms with Crippen molar-refractivity contribution in [3.63, 3.8) is 0 Å². The van der Waals surface area contributed by atoms with Gasteiger partial charge >= 0.3 is 5.97 Å². The maximum atomic E-state index is 12.0. The van der Waals surface area contributed by atoms with Gasteiger partial charge < -0.3 is 4.74 Å². The highest BCUT2D eigenvalue weighted by Gasteiger charge is 2.27. The summed E-state index contributed by atoms with van der Waals surface area (Å²) >= 11 is 0. The Hall–Kier alpha value is -1.12. The topological polar surface area (TPSA) is 43.4 Å². The predicted molar refractivity (Wildman–Crippen MR) is 69.0 cm³/mol. The van der Waals surface area contributed by atoms with Crippen LogP contribution in [0.2, 0.25) is 0 Å². The van der Waals surface area contributed by atoms with Crippen LogP contribution in [0.4, 0.5) is 0 Å². The maximum absolute atomic E-state index is 12.0. The number of aldehydes is 1. The smallest absolute Gasteiger partial charge is 0.334 e. The van der Waals surface area contributed by atoms with Crippen LogP contribution in [0.15, 0.2) is 11.6 Å². The standard InChI is InChI=1S/C15H22O3/c16-9-10-18-15(17)14(13-7-3-4-8-13)11-12-5-1-2-6-12/h9,11-13H,1-8,10H2. The minimum absolute atomic E-state index is 0.118. The van der Waals surface area contributed by atoms with Gasteiger partial charge in [0, 0.05) is 5.57 Å². The zero-order chi connectivity index (χ0) is 12.8. The number of rotatable bonds is 5. The fourth-order valence-corrected chi connectivity index (χ4v) is 3.18. The zero-order valence-electron chi connectivity index (χ0n) is 10.9. The summed E-state index contributed by atoms with van der Waals surface area (Å²) in [6.07, 6.45) is 12.3. The molecule has 0 atom stereocenters. The summed E-state index contributed by atoms with van der Waals surface area (Å²) in [6.45, 7) is -0.118. The molecular weight excluding hydrogens is 228 g/mol. The Morgan fingerprint density at radius 2 is 1.67 bits per heavy atom. The van der Waals surface area contributed by atoms with E-state index in [0.29, 0.717) is 18.1 Å². The van der Waals surface area contributed by atoms with E-state index >= 15 is 0 Å². The fourth-order valence-electron chi connectivity index (χ4n) is 3.18. The minimum Gasteiger partial charge on any atom is -0.455 e. The van der Waals surface area contributed by atoms with Crippen molar-refractivity contribution < 1.29 is 14.3 Å². The molecule has 2 aliphatic carbocycles. The maximum Gasteiger partial charge on any atom is 0.334 e. The fraction of sp³-hybridized carbons (Fsp3) is 0.733. The van der Waals surface area contributed by atoms with Gasteiger partial charge in [-0.1, -0.05) is 31.8 Å². The summed E-state index contributed by atoms with van der Waals surface area (Å²) in [4.78, 5) is 22.3. The van der Waals surface area contributed by atoms with Crippen LogP contribution in [0.1, 0.15) is 51.4 Å². The summed E-state index contributed by atoms with van der Waals surface area (Å²) in [7, 11) is 0. The highest BCUT2D eigenvalue weighted by molar-refractivity contribution is 5.89. The van der Waals surface area contributed by atoms with Gasteiger partial charge in [-0.25, -0.2) is 4.79 Å². The van der Waals surface area contributed by atoms with E-state index < -0.39 is 0 Å². The van der Waals surface area contributed by atoms with Crippen LogP contribution >= 0.6 is 0 Å². The number of ether oxygens (including phenoxy) is 1. The molecule has 0 aromatic rings. The van der Waals surface area contributed by atoms with Gasteiger partial charge in [0.05, 0.1) is 0 Å². The molecule has 2 aliphatic rings. The Morgan fingerprint density at radius 3 is 2.28 bits per heavy atom. The summed E-state index contributed by atoms with van der Waals surface area (Å²) in [5, 5.41) is 0. The molecule has 0 aliphatic heterocycles. The average molecular weight is 250 g/mol. The summed E-state index contributed by atoms with van der Waals surface area (Å²) in [5.41, 5.74) is 0.848. The first-order valence-corrected chi connectivity index (χ1v) is 7.13. The largest absolute Gasteiger partial charge is 0.455 e. The molecule has 0 aromatic carbocycles. The molecule has 3 heteroatoms. The van der Waals surface area contributed by atoms with Crippen LogP contribution in [0.25, 0.3) is 0 Å². The molecule has 0 spiro atoms. The van der Waals surface area contributed by atoms with Crippen LogP contribution in [0, 0.1) is 11.8 Å².